The average molecular weight is 359 g/mol. The van der Waals surface area contributed by atoms with Gasteiger partial charge in [-0.25, -0.2) is 4.39 Å². The molecule has 0 radical (unpaired) electrons. The molecule has 5 nitrogen and oxygen atoms in total. The standard InChI is InChI=1S/C17H23FN2O3.ClH/c18-14-4-3-5-15(12-14)19-17(23)13-7-10-20(11-8-13)9-2-1-6-16(21)22;/h3-5,12-13H,1-2,6-11H2,(H,19,23)(H,21,22);1H. The summed E-state index contributed by atoms with van der Waals surface area (Å²) in [6.07, 6.45) is 3.33. The van der Waals surface area contributed by atoms with Crippen LogP contribution < -0.4 is 5.32 Å². The Labute approximate surface area is 147 Å². The van der Waals surface area contributed by atoms with E-state index >= 15 is 0 Å². The number of piperidine rings is 1. The number of rotatable bonds is 7. The van der Waals surface area contributed by atoms with Gasteiger partial charge in [0.2, 0.25) is 5.91 Å². The maximum absolute atomic E-state index is 13.1. The number of unbranched alkanes of at least 4 members (excludes halogenated alkanes) is 1. The lowest BCUT2D eigenvalue weighted by molar-refractivity contribution is -0.137. The van der Waals surface area contributed by atoms with Crippen molar-refractivity contribution in [3.05, 3.63) is 30.1 Å². The van der Waals surface area contributed by atoms with Crippen molar-refractivity contribution in [3.63, 3.8) is 0 Å². The largest absolute Gasteiger partial charge is 0.481 e. The summed E-state index contributed by atoms with van der Waals surface area (Å²) in [5.74, 6) is -1.22. The molecule has 0 aromatic heterocycles. The summed E-state index contributed by atoms with van der Waals surface area (Å²) < 4.78 is 13.1. The smallest absolute Gasteiger partial charge is 0.303 e. The van der Waals surface area contributed by atoms with Crippen LogP contribution in [0.1, 0.15) is 32.1 Å². The molecule has 7 heteroatoms. The first-order valence-corrected chi connectivity index (χ1v) is 8.05. The van der Waals surface area contributed by atoms with Crippen LogP contribution in [0.25, 0.3) is 0 Å². The van der Waals surface area contributed by atoms with Crippen molar-refractivity contribution in [2.45, 2.75) is 32.1 Å². The number of hydrogen-bond donors (Lipinski definition) is 2. The number of nitrogens with zero attached hydrogens (tertiary/aromatic N) is 1. The summed E-state index contributed by atoms with van der Waals surface area (Å²) in [6.45, 7) is 2.56. The van der Waals surface area contributed by atoms with Crippen molar-refractivity contribution in [1.29, 1.82) is 0 Å². The summed E-state index contributed by atoms with van der Waals surface area (Å²) in [5, 5.41) is 11.4. The third kappa shape index (κ3) is 6.84. The number of halogens is 2. The number of aliphatic carboxylic acids is 1. The van der Waals surface area contributed by atoms with E-state index in [2.05, 4.69) is 10.2 Å². The molecular weight excluding hydrogens is 335 g/mol. The van der Waals surface area contributed by atoms with E-state index in [0.717, 1.165) is 38.9 Å². The van der Waals surface area contributed by atoms with Gasteiger partial charge in [0.1, 0.15) is 5.82 Å². The summed E-state index contributed by atoms with van der Waals surface area (Å²) >= 11 is 0. The Hall–Kier alpha value is -1.66. The normalized spacial score (nSPS) is 15.5. The van der Waals surface area contributed by atoms with Gasteiger partial charge in [0.05, 0.1) is 0 Å². The zero-order valence-electron chi connectivity index (χ0n) is 13.5. The molecule has 1 aromatic carbocycles. The maximum Gasteiger partial charge on any atom is 0.303 e. The summed E-state index contributed by atoms with van der Waals surface area (Å²) in [5.41, 5.74) is 0.492. The first kappa shape index (κ1) is 20.4. The third-order valence-corrected chi connectivity index (χ3v) is 4.17. The molecule has 0 bridgehead atoms. The molecule has 0 unspecified atom stereocenters. The van der Waals surface area contributed by atoms with Gasteiger partial charge >= 0.3 is 5.97 Å². The predicted molar refractivity (Wildman–Crippen MR) is 92.9 cm³/mol. The van der Waals surface area contributed by atoms with Gasteiger partial charge in [0, 0.05) is 18.0 Å². The molecule has 24 heavy (non-hydrogen) atoms. The minimum atomic E-state index is -0.752. The molecule has 1 heterocycles. The molecule has 2 rings (SSSR count). The lowest BCUT2D eigenvalue weighted by Gasteiger charge is -2.31. The van der Waals surface area contributed by atoms with Crippen LogP contribution in [0.2, 0.25) is 0 Å². The highest BCUT2D eigenvalue weighted by atomic mass is 35.5. The average Bonchev–Trinajstić information content (AvgIpc) is 2.52. The fourth-order valence-electron chi connectivity index (χ4n) is 2.84. The van der Waals surface area contributed by atoms with Gasteiger partial charge in [-0.2, -0.15) is 0 Å². The minimum absolute atomic E-state index is 0. The van der Waals surface area contributed by atoms with Gasteiger partial charge < -0.3 is 15.3 Å². The second kappa shape index (κ2) is 10.3. The maximum atomic E-state index is 13.1. The van der Waals surface area contributed by atoms with Crippen LogP contribution in [-0.4, -0.2) is 41.5 Å². The van der Waals surface area contributed by atoms with Gasteiger partial charge in [0.15, 0.2) is 0 Å². The molecule has 2 N–H and O–H groups in total. The van der Waals surface area contributed by atoms with Gasteiger partial charge in [-0.05, 0) is 63.5 Å². The lowest BCUT2D eigenvalue weighted by atomic mass is 9.95. The highest BCUT2D eigenvalue weighted by molar-refractivity contribution is 5.92. The molecule has 1 aliphatic heterocycles. The van der Waals surface area contributed by atoms with E-state index in [9.17, 15) is 14.0 Å². The van der Waals surface area contributed by atoms with E-state index in [-0.39, 0.29) is 36.5 Å². The van der Waals surface area contributed by atoms with E-state index in [0.29, 0.717) is 12.1 Å². The van der Waals surface area contributed by atoms with Crippen molar-refractivity contribution in [2.75, 3.05) is 25.0 Å². The Morgan fingerprint density at radius 2 is 1.96 bits per heavy atom. The number of carboxylic acid groups (broad SMARTS) is 1. The Balaban J connectivity index is 0.00000288. The molecule has 0 aliphatic carbocycles. The van der Waals surface area contributed by atoms with Crippen molar-refractivity contribution >= 4 is 30.0 Å². The fraction of sp³-hybridized carbons (Fsp3) is 0.529. The van der Waals surface area contributed by atoms with Crippen LogP contribution in [0, 0.1) is 11.7 Å². The Kier molecular flexibility index (Phi) is 8.71. The van der Waals surface area contributed by atoms with Crippen molar-refractivity contribution in [1.82, 2.24) is 4.90 Å². The number of carbonyl (C=O) groups excluding carboxylic acids is 1. The van der Waals surface area contributed by atoms with E-state index < -0.39 is 5.97 Å². The van der Waals surface area contributed by atoms with Crippen LogP contribution in [0.4, 0.5) is 10.1 Å². The van der Waals surface area contributed by atoms with Gasteiger partial charge in [0.25, 0.3) is 0 Å². The van der Waals surface area contributed by atoms with Crippen LogP contribution >= 0.6 is 12.4 Å². The molecule has 1 saturated heterocycles. The molecule has 0 spiro atoms. The number of amides is 1. The first-order chi connectivity index (χ1) is 11.0. The van der Waals surface area contributed by atoms with Crippen LogP contribution in [0.5, 0.6) is 0 Å². The number of carbonyl (C=O) groups is 2. The van der Waals surface area contributed by atoms with Gasteiger partial charge in [-0.1, -0.05) is 6.07 Å². The van der Waals surface area contributed by atoms with Crippen LogP contribution in [0.3, 0.4) is 0 Å². The topological polar surface area (TPSA) is 69.6 Å². The summed E-state index contributed by atoms with van der Waals surface area (Å²) in [6, 6.07) is 5.91. The molecular formula is C17H24ClFN2O3. The molecule has 0 saturated carbocycles. The number of carboxylic acids is 1. The van der Waals surface area contributed by atoms with E-state index in [4.69, 9.17) is 5.11 Å². The molecule has 1 amide bonds. The Morgan fingerprint density at radius 1 is 1.25 bits per heavy atom. The summed E-state index contributed by atoms with van der Waals surface area (Å²) in [4.78, 5) is 24.9. The number of benzene rings is 1. The number of nitrogens with one attached hydrogen (secondary N) is 1. The Bertz CT molecular complexity index is 548. The number of hydrogen-bond acceptors (Lipinski definition) is 3. The molecule has 1 fully saturated rings. The molecule has 1 aliphatic rings. The third-order valence-electron chi connectivity index (χ3n) is 4.17. The van der Waals surface area contributed by atoms with Crippen LogP contribution in [0.15, 0.2) is 24.3 Å². The van der Waals surface area contributed by atoms with Gasteiger partial charge in [-0.15, -0.1) is 12.4 Å². The number of anilines is 1. The second-order valence-corrected chi connectivity index (χ2v) is 5.97. The Morgan fingerprint density at radius 3 is 2.58 bits per heavy atom. The quantitative estimate of drug-likeness (QED) is 0.734. The lowest BCUT2D eigenvalue weighted by Crippen LogP contribution is -2.38. The summed E-state index contributed by atoms with van der Waals surface area (Å²) in [7, 11) is 0. The zero-order chi connectivity index (χ0) is 16.7. The van der Waals surface area contributed by atoms with Crippen molar-refractivity contribution in [2.24, 2.45) is 5.92 Å². The van der Waals surface area contributed by atoms with Gasteiger partial charge in [-0.3, -0.25) is 9.59 Å². The van der Waals surface area contributed by atoms with Crippen LogP contribution in [-0.2, 0) is 9.59 Å². The molecule has 0 atom stereocenters. The van der Waals surface area contributed by atoms with Crippen molar-refractivity contribution in [3.8, 4) is 0 Å². The highest BCUT2D eigenvalue weighted by Gasteiger charge is 2.24. The number of likely N-dealkylation sites (tertiary alicyclic amines) is 1. The first-order valence-electron chi connectivity index (χ1n) is 8.05. The molecule has 1 aromatic rings. The predicted octanol–water partition coefficient (Wildman–Crippen LogP) is 3.15. The SMILES string of the molecule is Cl.O=C(O)CCCCN1CCC(C(=O)Nc2cccc(F)c2)CC1. The zero-order valence-corrected chi connectivity index (χ0v) is 14.4. The van der Waals surface area contributed by atoms with E-state index in [1.165, 1.54) is 12.1 Å². The fourth-order valence-corrected chi connectivity index (χ4v) is 2.84. The monoisotopic (exact) mass is 358 g/mol. The highest BCUT2D eigenvalue weighted by Crippen LogP contribution is 2.20. The van der Waals surface area contributed by atoms with Crippen molar-refractivity contribution < 1.29 is 19.1 Å². The second-order valence-electron chi connectivity index (χ2n) is 5.97. The minimum Gasteiger partial charge on any atom is -0.481 e. The van der Waals surface area contributed by atoms with E-state index in [1.807, 2.05) is 0 Å². The van der Waals surface area contributed by atoms with E-state index in [1.54, 1.807) is 12.1 Å². The molecule has 134 valence electrons.